The second-order valence-electron chi connectivity index (χ2n) is 6.13. The number of amides is 1. The Labute approximate surface area is 151 Å². The van der Waals surface area contributed by atoms with E-state index >= 15 is 0 Å². The van der Waals surface area contributed by atoms with Gasteiger partial charge >= 0.3 is 0 Å². The Bertz CT molecular complexity index is 858. The highest BCUT2D eigenvalue weighted by atomic mass is 32.2. The summed E-state index contributed by atoms with van der Waals surface area (Å²) in [7, 11) is -3.46. The van der Waals surface area contributed by atoms with Crippen molar-refractivity contribution in [3.8, 4) is 0 Å². The summed E-state index contributed by atoms with van der Waals surface area (Å²) in [4.78, 5) is 15.2. The van der Waals surface area contributed by atoms with Crippen molar-refractivity contribution in [1.29, 1.82) is 0 Å². The van der Waals surface area contributed by atoms with E-state index in [1.165, 1.54) is 15.6 Å². The number of thiophene rings is 1. The van der Waals surface area contributed by atoms with E-state index < -0.39 is 10.0 Å². The molecular weight excluding hydrogens is 362 g/mol. The first kappa shape index (κ1) is 18.1. The molecule has 0 unspecified atom stereocenters. The van der Waals surface area contributed by atoms with Crippen molar-refractivity contribution >= 4 is 27.3 Å². The van der Waals surface area contributed by atoms with Gasteiger partial charge in [0.1, 0.15) is 9.97 Å². The van der Waals surface area contributed by atoms with Crippen LogP contribution >= 0.6 is 11.3 Å². The molecule has 136 valence electrons. The predicted molar refractivity (Wildman–Crippen MR) is 94.1 cm³/mol. The van der Waals surface area contributed by atoms with Crippen LogP contribution in [0.15, 0.2) is 20.9 Å². The van der Waals surface area contributed by atoms with Crippen LogP contribution in [-0.2, 0) is 21.2 Å². The van der Waals surface area contributed by atoms with Crippen molar-refractivity contribution in [2.75, 3.05) is 26.2 Å². The molecular formula is C16H21N3O4S2. The zero-order chi connectivity index (χ0) is 18.2. The highest BCUT2D eigenvalue weighted by Gasteiger charge is 2.31. The zero-order valence-corrected chi connectivity index (χ0v) is 16.1. The number of rotatable bonds is 4. The van der Waals surface area contributed by atoms with E-state index in [2.05, 4.69) is 5.16 Å². The molecule has 3 heterocycles. The summed E-state index contributed by atoms with van der Waals surface area (Å²) in [6.07, 6.45) is 0.234. The van der Waals surface area contributed by atoms with Crippen LogP contribution in [0.2, 0.25) is 0 Å². The summed E-state index contributed by atoms with van der Waals surface area (Å²) in [6.45, 7) is 6.90. The second-order valence-corrected chi connectivity index (χ2v) is 9.58. The first-order chi connectivity index (χ1) is 11.8. The van der Waals surface area contributed by atoms with Gasteiger partial charge in [-0.3, -0.25) is 4.79 Å². The third-order valence-corrected chi connectivity index (χ3v) is 7.78. The smallest absolute Gasteiger partial charge is 0.252 e. The molecule has 0 N–H and O–H groups in total. The highest BCUT2D eigenvalue weighted by Crippen LogP contribution is 2.25. The van der Waals surface area contributed by atoms with Gasteiger partial charge in [-0.05, 0) is 32.9 Å². The summed E-state index contributed by atoms with van der Waals surface area (Å²) < 4.78 is 32.2. The third-order valence-electron chi connectivity index (χ3n) is 4.41. The summed E-state index contributed by atoms with van der Waals surface area (Å²) in [6, 6.07) is 3.45. The molecule has 3 rings (SSSR count). The average molecular weight is 383 g/mol. The number of sulfonamides is 1. The van der Waals surface area contributed by atoms with Gasteiger partial charge in [-0.25, -0.2) is 8.42 Å². The minimum absolute atomic E-state index is 0.0292. The lowest BCUT2D eigenvalue weighted by Gasteiger charge is -2.33. The molecule has 1 saturated heterocycles. The molecule has 0 bridgehead atoms. The minimum Gasteiger partial charge on any atom is -0.361 e. The van der Waals surface area contributed by atoms with Crippen LogP contribution in [0.3, 0.4) is 0 Å². The summed E-state index contributed by atoms with van der Waals surface area (Å²) in [5.41, 5.74) is 1.54. The number of hydrogen-bond donors (Lipinski definition) is 0. The van der Waals surface area contributed by atoms with Crippen LogP contribution in [0.25, 0.3) is 0 Å². The zero-order valence-electron chi connectivity index (χ0n) is 14.5. The van der Waals surface area contributed by atoms with Gasteiger partial charge in [0.15, 0.2) is 0 Å². The molecule has 1 fully saturated rings. The standard InChI is InChI=1S/C16H21N3O4S2/c1-11-4-5-16(24-11)25(21,22)19-8-6-18(7-9-19)15(20)10-14-12(2)17-23-13(14)3/h4-5H,6-10H2,1-3H3. The first-order valence-corrected chi connectivity index (χ1v) is 10.3. The molecule has 2 aromatic heterocycles. The average Bonchev–Trinajstić information content (AvgIpc) is 3.16. The molecule has 0 saturated carbocycles. The van der Waals surface area contributed by atoms with Crippen molar-refractivity contribution in [1.82, 2.24) is 14.4 Å². The molecule has 2 aromatic rings. The number of hydrogen-bond acceptors (Lipinski definition) is 6. The number of carbonyl (C=O) groups excluding carboxylic acids is 1. The third kappa shape index (κ3) is 3.63. The van der Waals surface area contributed by atoms with E-state index in [1.54, 1.807) is 24.0 Å². The molecule has 1 aliphatic heterocycles. The molecule has 1 amide bonds. The van der Waals surface area contributed by atoms with Crippen molar-refractivity contribution in [2.45, 2.75) is 31.4 Å². The van der Waals surface area contributed by atoms with E-state index in [1.807, 2.05) is 13.8 Å². The van der Waals surface area contributed by atoms with E-state index in [0.29, 0.717) is 36.1 Å². The monoisotopic (exact) mass is 383 g/mol. The largest absolute Gasteiger partial charge is 0.361 e. The van der Waals surface area contributed by atoms with Gasteiger partial charge in [0.2, 0.25) is 5.91 Å². The Balaban J connectivity index is 1.63. The number of aromatic nitrogens is 1. The maximum absolute atomic E-state index is 12.6. The number of piperazine rings is 1. The van der Waals surface area contributed by atoms with Crippen molar-refractivity contribution in [2.24, 2.45) is 0 Å². The highest BCUT2D eigenvalue weighted by molar-refractivity contribution is 7.91. The van der Waals surface area contributed by atoms with Crippen LogP contribution < -0.4 is 0 Å². The lowest BCUT2D eigenvalue weighted by molar-refractivity contribution is -0.131. The molecule has 9 heteroatoms. The van der Waals surface area contributed by atoms with E-state index in [4.69, 9.17) is 4.52 Å². The van der Waals surface area contributed by atoms with Crippen LogP contribution in [0, 0.1) is 20.8 Å². The lowest BCUT2D eigenvalue weighted by Crippen LogP contribution is -2.50. The second kappa shape index (κ2) is 6.89. The fourth-order valence-electron chi connectivity index (χ4n) is 2.87. The van der Waals surface area contributed by atoms with Gasteiger partial charge in [0.25, 0.3) is 10.0 Å². The predicted octanol–water partition coefficient (Wildman–Crippen LogP) is 1.74. The van der Waals surface area contributed by atoms with Crippen molar-refractivity contribution in [3.05, 3.63) is 34.0 Å². The summed E-state index contributed by atoms with van der Waals surface area (Å²) in [5.74, 6) is 0.624. The van der Waals surface area contributed by atoms with E-state index in [9.17, 15) is 13.2 Å². The Morgan fingerprint density at radius 1 is 1.20 bits per heavy atom. The van der Waals surface area contributed by atoms with Crippen LogP contribution in [0.5, 0.6) is 0 Å². The fourth-order valence-corrected chi connectivity index (χ4v) is 5.73. The first-order valence-electron chi connectivity index (χ1n) is 8.05. The molecule has 0 aromatic carbocycles. The molecule has 0 aliphatic carbocycles. The molecule has 0 spiro atoms. The van der Waals surface area contributed by atoms with Crippen molar-refractivity contribution in [3.63, 3.8) is 0 Å². The maximum atomic E-state index is 12.6. The summed E-state index contributed by atoms with van der Waals surface area (Å²) >= 11 is 1.27. The molecule has 1 aliphatic rings. The Kier molecular flexibility index (Phi) is 4.99. The van der Waals surface area contributed by atoms with Gasteiger partial charge in [0.05, 0.1) is 12.1 Å². The van der Waals surface area contributed by atoms with Gasteiger partial charge in [-0.15, -0.1) is 11.3 Å². The number of aryl methyl sites for hydroxylation is 3. The van der Waals surface area contributed by atoms with E-state index in [-0.39, 0.29) is 12.3 Å². The van der Waals surface area contributed by atoms with Gasteiger partial charge in [-0.1, -0.05) is 5.16 Å². The van der Waals surface area contributed by atoms with Gasteiger partial charge < -0.3 is 9.42 Å². The Morgan fingerprint density at radius 3 is 2.40 bits per heavy atom. The quantitative estimate of drug-likeness (QED) is 0.803. The Morgan fingerprint density at radius 2 is 1.88 bits per heavy atom. The topological polar surface area (TPSA) is 83.7 Å². The molecule has 7 nitrogen and oxygen atoms in total. The fraction of sp³-hybridized carbons (Fsp3) is 0.500. The number of carbonyl (C=O) groups is 1. The molecule has 25 heavy (non-hydrogen) atoms. The van der Waals surface area contributed by atoms with Crippen molar-refractivity contribution < 1.29 is 17.7 Å². The molecule has 0 atom stereocenters. The maximum Gasteiger partial charge on any atom is 0.252 e. The van der Waals surface area contributed by atoms with Crippen LogP contribution in [-0.4, -0.2) is 54.9 Å². The van der Waals surface area contributed by atoms with Gasteiger partial charge in [0, 0.05) is 36.6 Å². The normalized spacial score (nSPS) is 16.4. The Hall–Kier alpha value is -1.71. The lowest BCUT2D eigenvalue weighted by atomic mass is 10.1. The van der Waals surface area contributed by atoms with Crippen LogP contribution in [0.4, 0.5) is 0 Å². The van der Waals surface area contributed by atoms with Crippen LogP contribution in [0.1, 0.15) is 21.9 Å². The van der Waals surface area contributed by atoms with Gasteiger partial charge in [-0.2, -0.15) is 4.31 Å². The van der Waals surface area contributed by atoms with E-state index in [0.717, 1.165) is 16.1 Å². The number of nitrogens with zero attached hydrogens (tertiary/aromatic N) is 3. The SMILES string of the molecule is Cc1ccc(S(=O)(=O)N2CCN(C(=O)Cc3c(C)noc3C)CC2)s1. The molecule has 0 radical (unpaired) electrons. The summed E-state index contributed by atoms with van der Waals surface area (Å²) in [5, 5.41) is 3.86. The minimum atomic E-state index is -3.46.